The Hall–Kier alpha value is -2.58. The van der Waals surface area contributed by atoms with Crippen molar-refractivity contribution in [3.63, 3.8) is 0 Å². The van der Waals surface area contributed by atoms with Crippen molar-refractivity contribution in [3.8, 4) is 11.4 Å². The van der Waals surface area contributed by atoms with E-state index in [9.17, 15) is 4.79 Å². The van der Waals surface area contributed by atoms with E-state index in [0.29, 0.717) is 23.1 Å². The Labute approximate surface area is 163 Å². The van der Waals surface area contributed by atoms with Crippen LogP contribution in [0.4, 0.5) is 0 Å². The predicted octanol–water partition coefficient (Wildman–Crippen LogP) is 2.99. The molecular formula is C18H15ClN6OS. The summed E-state index contributed by atoms with van der Waals surface area (Å²) in [6.45, 7) is 0.294. The lowest BCUT2D eigenvalue weighted by molar-refractivity contribution is 0.564. The molecule has 0 unspecified atom stereocenters. The third kappa shape index (κ3) is 3.04. The van der Waals surface area contributed by atoms with E-state index in [1.165, 1.54) is 16.1 Å². The van der Waals surface area contributed by atoms with E-state index in [2.05, 4.69) is 20.4 Å². The number of hydrogen-bond donors (Lipinski definition) is 0. The molecule has 0 aliphatic heterocycles. The molecule has 1 aromatic carbocycles. The Morgan fingerprint density at radius 3 is 2.96 bits per heavy atom. The highest BCUT2D eigenvalue weighted by atomic mass is 35.5. The average Bonchev–Trinajstić information content (AvgIpc) is 3.26. The SMILES string of the molecule is O=c1cc(Cn2nnc(-c3cccc(Cl)c3)n2)nc2sc3c(n12)CCCC3. The number of tetrazole rings is 1. The molecule has 0 radical (unpaired) electrons. The first-order chi connectivity index (χ1) is 13.2. The van der Waals surface area contributed by atoms with Crippen molar-refractivity contribution >= 4 is 27.9 Å². The van der Waals surface area contributed by atoms with Gasteiger partial charge in [0.2, 0.25) is 5.82 Å². The molecular weight excluding hydrogens is 384 g/mol. The second kappa shape index (κ2) is 6.54. The molecule has 27 heavy (non-hydrogen) atoms. The number of aryl methyl sites for hydroxylation is 2. The van der Waals surface area contributed by atoms with Gasteiger partial charge in [-0.2, -0.15) is 4.80 Å². The van der Waals surface area contributed by atoms with Gasteiger partial charge in [-0.15, -0.1) is 21.5 Å². The van der Waals surface area contributed by atoms with Crippen molar-refractivity contribution in [1.29, 1.82) is 0 Å². The van der Waals surface area contributed by atoms with E-state index in [0.717, 1.165) is 35.5 Å². The first kappa shape index (κ1) is 16.6. The van der Waals surface area contributed by atoms with Gasteiger partial charge in [-0.25, -0.2) is 4.98 Å². The second-order valence-corrected chi connectivity index (χ2v) is 8.04. The number of halogens is 1. The highest BCUT2D eigenvalue weighted by Crippen LogP contribution is 2.28. The second-order valence-electron chi connectivity index (χ2n) is 6.54. The van der Waals surface area contributed by atoms with Crippen LogP contribution in [0.25, 0.3) is 16.3 Å². The van der Waals surface area contributed by atoms with Gasteiger partial charge in [0.15, 0.2) is 4.96 Å². The lowest BCUT2D eigenvalue weighted by Crippen LogP contribution is -2.19. The fourth-order valence-electron chi connectivity index (χ4n) is 3.42. The highest BCUT2D eigenvalue weighted by molar-refractivity contribution is 7.17. The fourth-order valence-corrected chi connectivity index (χ4v) is 4.84. The van der Waals surface area contributed by atoms with Crippen molar-refractivity contribution in [1.82, 2.24) is 29.6 Å². The number of fused-ring (bicyclic) bond motifs is 3. The van der Waals surface area contributed by atoms with Gasteiger partial charge in [-0.3, -0.25) is 9.20 Å². The minimum Gasteiger partial charge on any atom is -0.269 e. The van der Waals surface area contributed by atoms with Crippen LogP contribution in [0.1, 0.15) is 29.1 Å². The van der Waals surface area contributed by atoms with E-state index in [-0.39, 0.29) is 5.56 Å². The number of rotatable bonds is 3. The number of nitrogens with zero attached hydrogens (tertiary/aromatic N) is 6. The summed E-state index contributed by atoms with van der Waals surface area (Å²) in [6, 6.07) is 8.86. The number of aromatic nitrogens is 6. The molecule has 0 N–H and O–H groups in total. The molecule has 3 heterocycles. The van der Waals surface area contributed by atoms with Gasteiger partial charge in [-0.05, 0) is 43.0 Å². The van der Waals surface area contributed by atoms with Crippen LogP contribution in [-0.4, -0.2) is 29.6 Å². The first-order valence-corrected chi connectivity index (χ1v) is 9.94. The first-order valence-electron chi connectivity index (χ1n) is 8.74. The van der Waals surface area contributed by atoms with Crippen molar-refractivity contribution in [2.45, 2.75) is 32.2 Å². The lowest BCUT2D eigenvalue weighted by Gasteiger charge is -2.10. The summed E-state index contributed by atoms with van der Waals surface area (Å²) in [7, 11) is 0. The molecule has 4 aromatic rings. The molecule has 3 aromatic heterocycles. The van der Waals surface area contributed by atoms with Crippen LogP contribution in [0.15, 0.2) is 35.1 Å². The third-order valence-corrected chi connectivity index (χ3v) is 6.03. The minimum atomic E-state index is -0.0374. The maximum absolute atomic E-state index is 12.6. The van der Waals surface area contributed by atoms with Crippen LogP contribution in [0.5, 0.6) is 0 Å². The Morgan fingerprint density at radius 1 is 1.19 bits per heavy atom. The van der Waals surface area contributed by atoms with Crippen LogP contribution in [0.3, 0.4) is 0 Å². The van der Waals surface area contributed by atoms with Crippen molar-refractivity contribution in [3.05, 3.63) is 62.0 Å². The summed E-state index contributed by atoms with van der Waals surface area (Å²) in [4.78, 5) is 20.8. The van der Waals surface area contributed by atoms with Crippen LogP contribution in [0, 0.1) is 0 Å². The zero-order chi connectivity index (χ0) is 18.4. The van der Waals surface area contributed by atoms with E-state index in [4.69, 9.17) is 11.6 Å². The zero-order valence-corrected chi connectivity index (χ0v) is 15.9. The molecule has 0 saturated carbocycles. The standard InChI is InChI=1S/C18H15ClN6OS/c19-12-5-3-4-11(8-12)17-21-23-24(22-17)10-13-9-16(26)25-14-6-1-2-7-15(14)27-18(25)20-13/h3-5,8-9H,1-2,6-7,10H2. The topological polar surface area (TPSA) is 78.0 Å². The predicted molar refractivity (Wildman–Crippen MR) is 103 cm³/mol. The van der Waals surface area contributed by atoms with E-state index in [1.807, 2.05) is 12.1 Å². The Kier molecular flexibility index (Phi) is 4.02. The van der Waals surface area contributed by atoms with Gasteiger partial charge < -0.3 is 0 Å². The van der Waals surface area contributed by atoms with Gasteiger partial charge in [0, 0.05) is 27.2 Å². The molecule has 0 atom stereocenters. The lowest BCUT2D eigenvalue weighted by atomic mass is 10.0. The van der Waals surface area contributed by atoms with Gasteiger partial charge in [0.1, 0.15) is 6.54 Å². The molecule has 5 rings (SSSR count). The van der Waals surface area contributed by atoms with Crippen LogP contribution >= 0.6 is 22.9 Å². The molecule has 1 aliphatic carbocycles. The van der Waals surface area contributed by atoms with Crippen molar-refractivity contribution in [2.75, 3.05) is 0 Å². The molecule has 0 amide bonds. The van der Waals surface area contributed by atoms with Gasteiger partial charge in [-0.1, -0.05) is 23.7 Å². The maximum Gasteiger partial charge on any atom is 0.259 e. The van der Waals surface area contributed by atoms with Crippen LogP contribution < -0.4 is 5.56 Å². The Balaban J connectivity index is 1.48. The number of hydrogen-bond acceptors (Lipinski definition) is 6. The van der Waals surface area contributed by atoms with E-state index < -0.39 is 0 Å². The molecule has 136 valence electrons. The van der Waals surface area contributed by atoms with Crippen molar-refractivity contribution in [2.24, 2.45) is 0 Å². The van der Waals surface area contributed by atoms with Gasteiger partial charge in [0.25, 0.3) is 5.56 Å². The largest absolute Gasteiger partial charge is 0.269 e. The molecule has 0 fully saturated rings. The quantitative estimate of drug-likeness (QED) is 0.530. The Morgan fingerprint density at radius 2 is 2.07 bits per heavy atom. The molecule has 1 aliphatic rings. The van der Waals surface area contributed by atoms with Crippen LogP contribution in [0.2, 0.25) is 5.02 Å². The number of thiazole rings is 1. The number of benzene rings is 1. The molecule has 0 saturated heterocycles. The van der Waals surface area contributed by atoms with Crippen LogP contribution in [-0.2, 0) is 19.4 Å². The summed E-state index contributed by atoms with van der Waals surface area (Å²) in [5.74, 6) is 0.488. The smallest absolute Gasteiger partial charge is 0.259 e. The maximum atomic E-state index is 12.6. The molecule has 0 spiro atoms. The summed E-state index contributed by atoms with van der Waals surface area (Å²) < 4.78 is 1.76. The monoisotopic (exact) mass is 398 g/mol. The summed E-state index contributed by atoms with van der Waals surface area (Å²) >= 11 is 7.63. The molecule has 0 bridgehead atoms. The average molecular weight is 399 g/mol. The zero-order valence-electron chi connectivity index (χ0n) is 14.3. The van der Waals surface area contributed by atoms with Gasteiger partial charge in [0.05, 0.1) is 5.69 Å². The molecule has 9 heteroatoms. The van der Waals surface area contributed by atoms with Gasteiger partial charge >= 0.3 is 0 Å². The van der Waals surface area contributed by atoms with E-state index >= 15 is 0 Å². The minimum absolute atomic E-state index is 0.0374. The van der Waals surface area contributed by atoms with E-state index in [1.54, 1.807) is 33.9 Å². The fraction of sp³-hybridized carbons (Fsp3) is 0.278. The normalized spacial score (nSPS) is 13.8. The summed E-state index contributed by atoms with van der Waals surface area (Å²) in [5.41, 5.74) is 2.52. The highest BCUT2D eigenvalue weighted by Gasteiger charge is 2.18. The van der Waals surface area contributed by atoms with Crippen molar-refractivity contribution < 1.29 is 0 Å². The summed E-state index contributed by atoms with van der Waals surface area (Å²) in [6.07, 6.45) is 4.29. The Bertz CT molecular complexity index is 1210. The third-order valence-electron chi connectivity index (χ3n) is 4.65. The molecule has 7 nitrogen and oxygen atoms in total. The summed E-state index contributed by atoms with van der Waals surface area (Å²) in [5, 5.41) is 13.2.